The summed E-state index contributed by atoms with van der Waals surface area (Å²) in [5.41, 5.74) is 2.34. The molecule has 1 N–H and O–H groups in total. The van der Waals surface area contributed by atoms with Gasteiger partial charge >= 0.3 is 0 Å². The molecule has 1 aliphatic heterocycles. The Hall–Kier alpha value is -2.81. The van der Waals surface area contributed by atoms with E-state index in [1.54, 1.807) is 34.5 Å². The van der Waals surface area contributed by atoms with Crippen LogP contribution in [-0.2, 0) is 4.79 Å². The Morgan fingerprint density at radius 3 is 3.00 bits per heavy atom. The third-order valence-electron chi connectivity index (χ3n) is 5.20. The number of thiazole rings is 1. The van der Waals surface area contributed by atoms with Crippen molar-refractivity contribution in [3.63, 3.8) is 0 Å². The molecular formula is C21H19ClN6OS. The zero-order valence-electron chi connectivity index (χ0n) is 16.0. The molecule has 1 atom stereocenters. The third kappa shape index (κ3) is 3.81. The second-order valence-electron chi connectivity index (χ2n) is 7.20. The van der Waals surface area contributed by atoms with Gasteiger partial charge in [-0.3, -0.25) is 9.69 Å². The van der Waals surface area contributed by atoms with E-state index < -0.39 is 0 Å². The van der Waals surface area contributed by atoms with Gasteiger partial charge in [0.15, 0.2) is 0 Å². The quantitative estimate of drug-likeness (QED) is 0.502. The Balaban J connectivity index is 1.33. The molecule has 1 saturated heterocycles. The molecule has 1 fully saturated rings. The second-order valence-corrected chi connectivity index (χ2v) is 8.70. The maximum absolute atomic E-state index is 12.9. The van der Waals surface area contributed by atoms with Crippen LogP contribution in [-0.4, -0.2) is 43.6 Å². The van der Waals surface area contributed by atoms with Crippen LogP contribution < -0.4 is 5.32 Å². The van der Waals surface area contributed by atoms with Crippen LogP contribution in [0.3, 0.4) is 0 Å². The van der Waals surface area contributed by atoms with Crippen molar-refractivity contribution in [2.24, 2.45) is 0 Å². The minimum Gasteiger partial charge on any atom is -0.323 e. The van der Waals surface area contributed by atoms with Gasteiger partial charge in [0.1, 0.15) is 17.7 Å². The van der Waals surface area contributed by atoms with Crippen LogP contribution in [0.4, 0.5) is 5.69 Å². The number of hydrogen-bond acceptors (Lipinski definition) is 6. The lowest BCUT2D eigenvalue weighted by Crippen LogP contribution is -2.33. The summed E-state index contributed by atoms with van der Waals surface area (Å²) in [7, 11) is 0. The Labute approximate surface area is 182 Å². The molecule has 0 bridgehead atoms. The number of fused-ring (bicyclic) bond motifs is 1. The number of carbonyl (C=O) groups excluding carboxylic acids is 1. The van der Waals surface area contributed by atoms with Crippen molar-refractivity contribution in [3.8, 4) is 5.69 Å². The number of likely N-dealkylation sites (tertiary alicyclic amines) is 1. The Bertz CT molecular complexity index is 1160. The van der Waals surface area contributed by atoms with E-state index in [-0.39, 0.29) is 11.9 Å². The average molecular weight is 439 g/mol. The summed E-state index contributed by atoms with van der Waals surface area (Å²) >= 11 is 7.87. The zero-order chi connectivity index (χ0) is 20.5. The molecule has 4 aromatic rings. The predicted molar refractivity (Wildman–Crippen MR) is 118 cm³/mol. The van der Waals surface area contributed by atoms with Crippen molar-refractivity contribution >= 4 is 44.7 Å². The van der Waals surface area contributed by atoms with Crippen molar-refractivity contribution in [1.82, 2.24) is 24.6 Å². The normalized spacial score (nSPS) is 16.9. The number of aromatic nitrogens is 4. The first-order valence-corrected chi connectivity index (χ1v) is 10.9. The van der Waals surface area contributed by atoms with Crippen LogP contribution in [0, 0.1) is 0 Å². The van der Waals surface area contributed by atoms with E-state index in [4.69, 9.17) is 16.6 Å². The van der Waals surface area contributed by atoms with Crippen molar-refractivity contribution < 1.29 is 4.79 Å². The third-order valence-corrected chi connectivity index (χ3v) is 6.58. The summed E-state index contributed by atoms with van der Waals surface area (Å²) in [5, 5.41) is 8.77. The van der Waals surface area contributed by atoms with Crippen LogP contribution in [0.5, 0.6) is 0 Å². The number of hydrogen-bond donors (Lipinski definition) is 1. The number of nitrogens with zero attached hydrogens (tertiary/aromatic N) is 5. The van der Waals surface area contributed by atoms with Gasteiger partial charge in [-0.2, -0.15) is 5.10 Å². The fourth-order valence-corrected chi connectivity index (χ4v) is 5.15. The molecular weight excluding hydrogens is 420 g/mol. The molecule has 3 heterocycles. The number of benzene rings is 2. The topological polar surface area (TPSA) is 75.9 Å². The predicted octanol–water partition coefficient (Wildman–Crippen LogP) is 4.31. The lowest BCUT2D eigenvalue weighted by atomic mass is 10.2. The number of carbonyl (C=O) groups is 1. The highest BCUT2D eigenvalue weighted by Gasteiger charge is 2.30. The first kappa shape index (κ1) is 19.2. The second kappa shape index (κ2) is 8.14. The van der Waals surface area contributed by atoms with Gasteiger partial charge in [-0.15, -0.1) is 11.3 Å². The first-order chi connectivity index (χ1) is 14.7. The SMILES string of the molecule is O=C(CN1CCCC1c1nc2ccccc2s1)Nc1cc(Cl)ccc1-n1cncn1. The van der Waals surface area contributed by atoms with E-state index in [2.05, 4.69) is 26.4 Å². The Kier molecular flexibility index (Phi) is 5.20. The van der Waals surface area contributed by atoms with Crippen molar-refractivity contribution in [2.75, 3.05) is 18.4 Å². The van der Waals surface area contributed by atoms with E-state index >= 15 is 0 Å². The number of anilines is 1. The molecule has 0 spiro atoms. The molecule has 9 heteroatoms. The smallest absolute Gasteiger partial charge is 0.238 e. The summed E-state index contributed by atoms with van der Waals surface area (Å²) in [6.07, 6.45) is 5.10. The van der Waals surface area contributed by atoms with E-state index in [9.17, 15) is 4.79 Å². The molecule has 1 amide bonds. The van der Waals surface area contributed by atoms with Gasteiger partial charge in [0, 0.05) is 5.02 Å². The minimum atomic E-state index is -0.0911. The molecule has 0 saturated carbocycles. The van der Waals surface area contributed by atoms with E-state index in [1.165, 1.54) is 11.0 Å². The number of nitrogens with one attached hydrogen (secondary N) is 1. The fourth-order valence-electron chi connectivity index (χ4n) is 3.84. The molecule has 0 radical (unpaired) electrons. The van der Waals surface area contributed by atoms with Gasteiger partial charge in [-0.1, -0.05) is 23.7 Å². The van der Waals surface area contributed by atoms with Crippen LogP contribution in [0.2, 0.25) is 5.02 Å². The minimum absolute atomic E-state index is 0.0911. The van der Waals surface area contributed by atoms with Crippen molar-refractivity contribution in [3.05, 3.63) is 65.1 Å². The van der Waals surface area contributed by atoms with Crippen LogP contribution >= 0.6 is 22.9 Å². The summed E-state index contributed by atoms with van der Waals surface area (Å²) in [4.78, 5) is 23.9. The average Bonchev–Trinajstić information content (AvgIpc) is 3.48. The summed E-state index contributed by atoms with van der Waals surface area (Å²) in [5.74, 6) is -0.0911. The Morgan fingerprint density at radius 1 is 1.27 bits per heavy atom. The van der Waals surface area contributed by atoms with Gasteiger partial charge in [0.25, 0.3) is 0 Å². The maximum Gasteiger partial charge on any atom is 0.238 e. The lowest BCUT2D eigenvalue weighted by Gasteiger charge is -2.22. The molecule has 1 unspecified atom stereocenters. The Morgan fingerprint density at radius 2 is 2.17 bits per heavy atom. The number of halogens is 1. The van der Waals surface area contributed by atoms with Gasteiger partial charge in [-0.25, -0.2) is 14.6 Å². The molecule has 30 heavy (non-hydrogen) atoms. The zero-order valence-corrected chi connectivity index (χ0v) is 17.6. The van der Waals surface area contributed by atoms with Crippen molar-refractivity contribution in [1.29, 1.82) is 0 Å². The number of amides is 1. The highest BCUT2D eigenvalue weighted by molar-refractivity contribution is 7.18. The van der Waals surface area contributed by atoms with E-state index in [0.717, 1.165) is 35.6 Å². The highest BCUT2D eigenvalue weighted by Crippen LogP contribution is 2.36. The van der Waals surface area contributed by atoms with Gasteiger partial charge in [0.05, 0.1) is 34.2 Å². The lowest BCUT2D eigenvalue weighted by molar-refractivity contribution is -0.117. The molecule has 2 aromatic carbocycles. The monoisotopic (exact) mass is 438 g/mol. The fraction of sp³-hybridized carbons (Fsp3) is 0.238. The summed E-state index contributed by atoms with van der Waals surface area (Å²) in [6, 6.07) is 13.6. The summed E-state index contributed by atoms with van der Waals surface area (Å²) in [6.45, 7) is 1.17. The number of para-hydroxylation sites is 1. The maximum atomic E-state index is 12.9. The molecule has 7 nitrogen and oxygen atoms in total. The van der Waals surface area contributed by atoms with Crippen LogP contribution in [0.25, 0.3) is 15.9 Å². The first-order valence-electron chi connectivity index (χ1n) is 9.71. The highest BCUT2D eigenvalue weighted by atomic mass is 35.5. The van der Waals surface area contributed by atoms with Crippen molar-refractivity contribution in [2.45, 2.75) is 18.9 Å². The van der Waals surface area contributed by atoms with E-state index in [0.29, 0.717) is 17.3 Å². The summed E-state index contributed by atoms with van der Waals surface area (Å²) < 4.78 is 2.78. The largest absolute Gasteiger partial charge is 0.323 e. The number of rotatable bonds is 5. The molecule has 152 valence electrons. The molecule has 5 rings (SSSR count). The van der Waals surface area contributed by atoms with Crippen LogP contribution in [0.1, 0.15) is 23.9 Å². The van der Waals surface area contributed by atoms with Gasteiger partial charge in [0.2, 0.25) is 5.91 Å². The molecule has 1 aliphatic rings. The molecule has 0 aliphatic carbocycles. The van der Waals surface area contributed by atoms with Gasteiger partial charge < -0.3 is 5.32 Å². The molecule has 2 aromatic heterocycles. The van der Waals surface area contributed by atoms with Crippen LogP contribution in [0.15, 0.2) is 55.1 Å². The standard InChI is InChI=1S/C21H19ClN6OS/c22-14-7-8-17(28-13-23-12-24-28)16(10-14)25-20(29)11-27-9-3-5-18(27)21-26-15-4-1-2-6-19(15)30-21/h1-2,4,6-8,10,12-13,18H,3,5,9,11H2,(H,25,29). The van der Waals surface area contributed by atoms with Gasteiger partial charge in [-0.05, 0) is 49.7 Å². The van der Waals surface area contributed by atoms with E-state index in [1.807, 2.05) is 24.3 Å².